The number of piperidine rings is 1. The molecule has 0 aliphatic carbocycles. The second-order valence-electron chi connectivity index (χ2n) is 9.24. The van der Waals surface area contributed by atoms with Crippen molar-refractivity contribution < 1.29 is 14.6 Å². The lowest BCUT2D eigenvalue weighted by Gasteiger charge is -2.39. The van der Waals surface area contributed by atoms with E-state index in [2.05, 4.69) is 10.2 Å². The molecule has 0 unspecified atom stereocenters. The van der Waals surface area contributed by atoms with E-state index in [1.165, 1.54) is 6.07 Å². The summed E-state index contributed by atoms with van der Waals surface area (Å²) in [5.41, 5.74) is -0.0559. The highest BCUT2D eigenvalue weighted by atomic mass is 35.5. The van der Waals surface area contributed by atoms with E-state index in [9.17, 15) is 14.7 Å². The second-order valence-corrected chi connectivity index (χ2v) is 9.65. The minimum atomic E-state index is -0.639. The molecule has 2 aliphatic rings. The maximum atomic E-state index is 12.9. The molecular formula is C23H36ClN3O4. The molecule has 0 spiro atoms. The van der Waals surface area contributed by atoms with Gasteiger partial charge in [-0.2, -0.15) is 0 Å². The number of hydrogen-bond donors (Lipinski definition) is 2. The van der Waals surface area contributed by atoms with E-state index in [4.69, 9.17) is 16.3 Å². The monoisotopic (exact) mass is 453 g/mol. The van der Waals surface area contributed by atoms with Crippen molar-refractivity contribution >= 4 is 17.5 Å². The van der Waals surface area contributed by atoms with Gasteiger partial charge in [-0.05, 0) is 58.2 Å². The molecule has 2 aliphatic heterocycles. The van der Waals surface area contributed by atoms with Gasteiger partial charge in [0.25, 0.3) is 11.5 Å². The molecule has 174 valence electrons. The Balaban J connectivity index is 1.54. The van der Waals surface area contributed by atoms with E-state index in [0.717, 1.165) is 31.6 Å². The van der Waals surface area contributed by atoms with Crippen LogP contribution in [-0.2, 0) is 11.2 Å². The fourth-order valence-corrected chi connectivity index (χ4v) is 5.03. The number of carbonyl (C=O) groups excluding carboxylic acids is 1. The SMILES string of the molecule is CCc1c(Cl)cc(C(=O)NCC2CCN(CC3(O)CCOCC3)CC2)c(=O)n1C(C)C. The minimum absolute atomic E-state index is 0.0671. The smallest absolute Gasteiger partial charge is 0.263 e. The van der Waals surface area contributed by atoms with Gasteiger partial charge in [0.2, 0.25) is 0 Å². The fraction of sp³-hybridized carbons (Fsp3) is 0.739. The summed E-state index contributed by atoms with van der Waals surface area (Å²) in [5, 5.41) is 14.1. The van der Waals surface area contributed by atoms with E-state index in [1.807, 2.05) is 20.8 Å². The molecule has 3 rings (SSSR count). The Bertz CT molecular complexity index is 825. The Kier molecular flexibility index (Phi) is 8.19. The van der Waals surface area contributed by atoms with E-state index < -0.39 is 5.60 Å². The van der Waals surface area contributed by atoms with Crippen LogP contribution in [0.3, 0.4) is 0 Å². The van der Waals surface area contributed by atoms with Crippen molar-refractivity contribution in [1.82, 2.24) is 14.8 Å². The van der Waals surface area contributed by atoms with Crippen LogP contribution in [0.1, 0.15) is 68.5 Å². The standard InChI is InChI=1S/C23H36ClN3O4/c1-4-20-19(24)13-18(22(29)27(20)16(2)3)21(28)25-14-17-5-9-26(10-6-17)15-23(30)7-11-31-12-8-23/h13,16-17,30H,4-12,14-15H2,1-3H3,(H,25,28). The van der Waals surface area contributed by atoms with Crippen LogP contribution in [0.15, 0.2) is 10.9 Å². The number of carbonyl (C=O) groups is 1. The van der Waals surface area contributed by atoms with Crippen LogP contribution in [-0.4, -0.2) is 65.5 Å². The summed E-state index contributed by atoms with van der Waals surface area (Å²) in [6, 6.07) is 1.44. The molecule has 7 nitrogen and oxygen atoms in total. The highest BCUT2D eigenvalue weighted by Gasteiger charge is 2.33. The van der Waals surface area contributed by atoms with Gasteiger partial charge in [-0.1, -0.05) is 18.5 Å². The first-order valence-corrected chi connectivity index (χ1v) is 11.9. The number of ether oxygens (including phenoxy) is 1. The van der Waals surface area contributed by atoms with Gasteiger partial charge in [-0.25, -0.2) is 0 Å². The summed E-state index contributed by atoms with van der Waals surface area (Å²) in [7, 11) is 0. The molecule has 1 amide bonds. The molecule has 2 fully saturated rings. The van der Waals surface area contributed by atoms with Gasteiger partial charge in [-0.15, -0.1) is 0 Å². The average molecular weight is 454 g/mol. The highest BCUT2D eigenvalue weighted by Crippen LogP contribution is 2.25. The normalized spacial score (nSPS) is 20.2. The molecular weight excluding hydrogens is 418 g/mol. The number of rotatable bonds is 7. The van der Waals surface area contributed by atoms with Crippen molar-refractivity contribution in [3.8, 4) is 0 Å². The average Bonchev–Trinajstić information content (AvgIpc) is 2.74. The third kappa shape index (κ3) is 5.89. The lowest BCUT2D eigenvalue weighted by Crippen LogP contribution is -2.49. The number of pyridine rings is 1. The van der Waals surface area contributed by atoms with E-state index >= 15 is 0 Å². The number of nitrogens with zero attached hydrogens (tertiary/aromatic N) is 2. The molecule has 3 heterocycles. The van der Waals surface area contributed by atoms with Crippen LogP contribution in [0.2, 0.25) is 5.02 Å². The fourth-order valence-electron chi connectivity index (χ4n) is 4.69. The van der Waals surface area contributed by atoms with Crippen molar-refractivity contribution in [2.75, 3.05) is 39.4 Å². The molecule has 0 saturated carbocycles. The number of hydrogen-bond acceptors (Lipinski definition) is 5. The first kappa shape index (κ1) is 24.2. The molecule has 8 heteroatoms. The third-order valence-corrected chi connectivity index (χ3v) is 6.91. The summed E-state index contributed by atoms with van der Waals surface area (Å²) in [6.45, 7) is 10.1. The largest absolute Gasteiger partial charge is 0.388 e. The molecule has 0 radical (unpaired) electrons. The predicted octanol–water partition coefficient (Wildman–Crippen LogP) is 2.63. The maximum absolute atomic E-state index is 12.9. The van der Waals surface area contributed by atoms with Gasteiger partial charge in [0.1, 0.15) is 5.56 Å². The lowest BCUT2D eigenvalue weighted by molar-refractivity contribution is -0.0829. The van der Waals surface area contributed by atoms with Crippen LogP contribution < -0.4 is 10.9 Å². The van der Waals surface area contributed by atoms with E-state index in [1.54, 1.807) is 4.57 Å². The zero-order valence-electron chi connectivity index (χ0n) is 19.0. The zero-order valence-corrected chi connectivity index (χ0v) is 19.7. The van der Waals surface area contributed by atoms with Crippen LogP contribution in [0.25, 0.3) is 0 Å². The summed E-state index contributed by atoms with van der Waals surface area (Å²) < 4.78 is 6.98. The van der Waals surface area contributed by atoms with Crippen molar-refractivity contribution in [3.63, 3.8) is 0 Å². The van der Waals surface area contributed by atoms with Gasteiger partial charge < -0.3 is 24.6 Å². The van der Waals surface area contributed by atoms with Gasteiger partial charge in [0.05, 0.1) is 10.6 Å². The first-order valence-electron chi connectivity index (χ1n) is 11.5. The lowest BCUT2D eigenvalue weighted by atomic mass is 9.91. The van der Waals surface area contributed by atoms with Crippen molar-refractivity contribution in [1.29, 1.82) is 0 Å². The number of nitrogens with one attached hydrogen (secondary N) is 1. The summed E-state index contributed by atoms with van der Waals surface area (Å²) in [5.74, 6) is 0.00476. The van der Waals surface area contributed by atoms with Gasteiger partial charge in [0, 0.05) is 50.9 Å². The Hall–Kier alpha value is -1.41. The molecule has 0 aromatic carbocycles. The quantitative estimate of drug-likeness (QED) is 0.663. The zero-order chi connectivity index (χ0) is 22.6. The summed E-state index contributed by atoms with van der Waals surface area (Å²) in [4.78, 5) is 28.0. The Morgan fingerprint density at radius 3 is 2.55 bits per heavy atom. The maximum Gasteiger partial charge on any atom is 0.263 e. The van der Waals surface area contributed by atoms with Crippen LogP contribution in [0.5, 0.6) is 0 Å². The number of halogens is 1. The topological polar surface area (TPSA) is 83.8 Å². The Morgan fingerprint density at radius 2 is 1.97 bits per heavy atom. The Labute approximate surface area is 189 Å². The van der Waals surface area contributed by atoms with Crippen molar-refractivity contribution in [2.45, 2.75) is 64.5 Å². The van der Waals surface area contributed by atoms with Crippen LogP contribution in [0, 0.1) is 5.92 Å². The van der Waals surface area contributed by atoms with Crippen LogP contribution in [0.4, 0.5) is 0 Å². The number of likely N-dealkylation sites (tertiary alicyclic amines) is 1. The minimum Gasteiger partial charge on any atom is -0.388 e. The molecule has 2 N–H and O–H groups in total. The van der Waals surface area contributed by atoms with Gasteiger partial charge >= 0.3 is 0 Å². The Morgan fingerprint density at radius 1 is 1.32 bits per heavy atom. The highest BCUT2D eigenvalue weighted by molar-refractivity contribution is 6.31. The van der Waals surface area contributed by atoms with Gasteiger partial charge in [0.15, 0.2) is 0 Å². The van der Waals surface area contributed by atoms with Crippen molar-refractivity contribution in [2.24, 2.45) is 5.92 Å². The first-order chi connectivity index (χ1) is 14.7. The molecule has 31 heavy (non-hydrogen) atoms. The van der Waals surface area contributed by atoms with Crippen molar-refractivity contribution in [3.05, 3.63) is 32.7 Å². The molecule has 1 aromatic rings. The summed E-state index contributed by atoms with van der Waals surface area (Å²) in [6.07, 6.45) is 3.93. The number of β-amino-alcohol motifs (C(OH)–C–C–N with tert-alkyl or cyclic N) is 1. The molecule has 0 atom stereocenters. The van der Waals surface area contributed by atoms with Gasteiger partial charge in [-0.3, -0.25) is 9.59 Å². The van der Waals surface area contributed by atoms with E-state index in [-0.39, 0.29) is 23.1 Å². The number of amides is 1. The molecule has 2 saturated heterocycles. The molecule has 1 aromatic heterocycles. The van der Waals surface area contributed by atoms with Crippen LogP contribution >= 0.6 is 11.6 Å². The second kappa shape index (κ2) is 10.5. The number of aliphatic hydroxyl groups is 1. The summed E-state index contributed by atoms with van der Waals surface area (Å²) >= 11 is 6.38. The third-order valence-electron chi connectivity index (χ3n) is 6.58. The predicted molar refractivity (Wildman–Crippen MR) is 122 cm³/mol. The van der Waals surface area contributed by atoms with E-state index in [0.29, 0.717) is 56.5 Å². The number of aromatic nitrogens is 1. The molecule has 0 bridgehead atoms.